The second kappa shape index (κ2) is 10.4. The van der Waals surface area contributed by atoms with Crippen molar-refractivity contribution in [2.24, 2.45) is 0 Å². The number of alkyl halides is 6. The Hall–Kier alpha value is -3.61. The van der Waals surface area contributed by atoms with Crippen molar-refractivity contribution in [1.82, 2.24) is 10.6 Å². The van der Waals surface area contributed by atoms with Gasteiger partial charge in [0.25, 0.3) is 23.4 Å². The third kappa shape index (κ3) is 5.55. The minimum absolute atomic E-state index is 0.170. The fourth-order valence-electron chi connectivity index (χ4n) is 3.82. The zero-order valence-corrected chi connectivity index (χ0v) is 19.4. The largest absolute Gasteiger partial charge is 0.453 e. The van der Waals surface area contributed by atoms with Gasteiger partial charge < -0.3 is 20.6 Å². The van der Waals surface area contributed by atoms with E-state index in [4.69, 9.17) is 0 Å². The maximum absolute atomic E-state index is 15.2. The molecule has 0 radical (unpaired) electrons. The lowest BCUT2D eigenvalue weighted by Crippen LogP contribution is -2.55. The van der Waals surface area contributed by atoms with E-state index < -0.39 is 61.1 Å². The van der Waals surface area contributed by atoms with E-state index in [1.165, 1.54) is 11.0 Å². The van der Waals surface area contributed by atoms with Crippen molar-refractivity contribution in [1.29, 1.82) is 0 Å². The van der Waals surface area contributed by atoms with Crippen LogP contribution in [0.15, 0.2) is 48.5 Å². The highest BCUT2D eigenvalue weighted by Crippen LogP contribution is 2.40. The number of fused-ring (bicyclic) bond motifs is 3. The molecule has 0 fully saturated rings. The van der Waals surface area contributed by atoms with Crippen molar-refractivity contribution in [3.63, 3.8) is 0 Å². The molecule has 2 aromatic carbocycles. The standard InChI is InChI=1S/C24H23F6N3O4/c1-22(25,20(36)31-11-10-23(26,27)24(28,29)30)21(37)32-18-16-8-3-2-6-14(16)15-7-4-5-9-17(15)33(12-13-34)19(18)35/h2-9,18,34H,10-13H2,1H3,(H,31,36)(H,32,37)/t18-,22+/m0/s1. The highest BCUT2D eigenvalue weighted by molar-refractivity contribution is 6.11. The number of benzene rings is 2. The Bertz CT molecular complexity index is 1190. The molecule has 0 saturated carbocycles. The van der Waals surface area contributed by atoms with Gasteiger partial charge in [-0.25, -0.2) is 4.39 Å². The number of hydrogen-bond donors (Lipinski definition) is 3. The van der Waals surface area contributed by atoms with Crippen LogP contribution in [0.1, 0.15) is 24.9 Å². The monoisotopic (exact) mass is 531 g/mol. The number of para-hydroxylation sites is 1. The molecular formula is C24H23F6N3O4. The van der Waals surface area contributed by atoms with Crippen molar-refractivity contribution in [2.75, 3.05) is 24.6 Å². The second-order valence-electron chi connectivity index (χ2n) is 8.44. The number of hydrogen-bond acceptors (Lipinski definition) is 4. The Morgan fingerprint density at radius 1 is 0.946 bits per heavy atom. The van der Waals surface area contributed by atoms with Crippen molar-refractivity contribution < 1.29 is 45.8 Å². The molecule has 2 atom stereocenters. The first-order valence-corrected chi connectivity index (χ1v) is 11.1. The van der Waals surface area contributed by atoms with Gasteiger partial charge in [0.2, 0.25) is 0 Å². The van der Waals surface area contributed by atoms with Crippen LogP contribution in [-0.2, 0) is 14.4 Å². The Morgan fingerprint density at radius 2 is 1.54 bits per heavy atom. The van der Waals surface area contributed by atoms with Gasteiger partial charge in [-0.3, -0.25) is 14.4 Å². The molecule has 1 aliphatic rings. The van der Waals surface area contributed by atoms with E-state index >= 15 is 4.39 Å². The number of nitrogens with zero attached hydrogens (tertiary/aromatic N) is 1. The summed E-state index contributed by atoms with van der Waals surface area (Å²) in [6, 6.07) is 11.6. The maximum atomic E-state index is 15.2. The Balaban J connectivity index is 1.85. The summed E-state index contributed by atoms with van der Waals surface area (Å²) < 4.78 is 78.3. The summed E-state index contributed by atoms with van der Waals surface area (Å²) in [5.41, 5.74) is -1.66. The van der Waals surface area contributed by atoms with Crippen LogP contribution < -0.4 is 15.5 Å². The summed E-state index contributed by atoms with van der Waals surface area (Å²) in [5.74, 6) is -9.25. The van der Waals surface area contributed by atoms with Gasteiger partial charge in [0.1, 0.15) is 6.04 Å². The van der Waals surface area contributed by atoms with Gasteiger partial charge in [-0.1, -0.05) is 42.5 Å². The van der Waals surface area contributed by atoms with Crippen LogP contribution in [0.25, 0.3) is 11.1 Å². The van der Waals surface area contributed by atoms with Crippen LogP contribution in [0.5, 0.6) is 0 Å². The van der Waals surface area contributed by atoms with E-state index in [1.54, 1.807) is 47.8 Å². The average Bonchev–Trinajstić information content (AvgIpc) is 2.93. The van der Waals surface area contributed by atoms with Gasteiger partial charge in [0.05, 0.1) is 12.3 Å². The molecule has 0 saturated heterocycles. The van der Waals surface area contributed by atoms with Crippen molar-refractivity contribution in [3.8, 4) is 11.1 Å². The third-order valence-corrected chi connectivity index (χ3v) is 5.86. The SMILES string of the molecule is C[C@@](F)(C(=O)NCCC(F)(F)C(F)(F)F)C(=O)N[C@@H]1C(=O)N(CCO)c2ccccc2-c2ccccc21. The molecular weight excluding hydrogens is 508 g/mol. The van der Waals surface area contributed by atoms with Crippen LogP contribution in [0.2, 0.25) is 0 Å². The molecule has 1 aliphatic heterocycles. The summed E-state index contributed by atoms with van der Waals surface area (Å²) in [6.45, 7) is -1.38. The number of anilines is 1. The van der Waals surface area contributed by atoms with Gasteiger partial charge in [-0.15, -0.1) is 0 Å². The molecule has 3 N–H and O–H groups in total. The summed E-state index contributed by atoms with van der Waals surface area (Å²) in [6.07, 6.45) is -7.72. The second-order valence-corrected chi connectivity index (χ2v) is 8.44. The van der Waals surface area contributed by atoms with Gasteiger partial charge in [-0.2, -0.15) is 22.0 Å². The number of aliphatic hydroxyl groups is 1. The van der Waals surface area contributed by atoms with Crippen LogP contribution in [0.3, 0.4) is 0 Å². The average molecular weight is 531 g/mol. The van der Waals surface area contributed by atoms with E-state index in [0.717, 1.165) is 0 Å². The normalized spacial score (nSPS) is 17.2. The number of nitrogens with one attached hydrogen (secondary N) is 2. The molecule has 200 valence electrons. The van der Waals surface area contributed by atoms with Crippen molar-refractivity contribution in [2.45, 2.75) is 37.2 Å². The van der Waals surface area contributed by atoms with Crippen LogP contribution in [0, 0.1) is 0 Å². The Kier molecular flexibility index (Phi) is 7.86. The molecule has 1 heterocycles. The quantitative estimate of drug-likeness (QED) is 0.360. The number of rotatable bonds is 8. The Morgan fingerprint density at radius 3 is 2.16 bits per heavy atom. The van der Waals surface area contributed by atoms with E-state index in [2.05, 4.69) is 5.32 Å². The first-order chi connectivity index (χ1) is 17.2. The predicted octanol–water partition coefficient (Wildman–Crippen LogP) is 3.28. The molecule has 0 aliphatic carbocycles. The number of carbonyl (C=O) groups is 3. The fraction of sp³-hybridized carbons (Fsp3) is 0.375. The lowest BCUT2D eigenvalue weighted by molar-refractivity contribution is -0.283. The molecule has 3 amide bonds. The molecule has 0 unspecified atom stereocenters. The molecule has 7 nitrogen and oxygen atoms in total. The molecule has 37 heavy (non-hydrogen) atoms. The van der Waals surface area contributed by atoms with Gasteiger partial charge in [0, 0.05) is 25.1 Å². The molecule has 0 spiro atoms. The van der Waals surface area contributed by atoms with Crippen molar-refractivity contribution in [3.05, 3.63) is 54.1 Å². The summed E-state index contributed by atoms with van der Waals surface area (Å²) in [7, 11) is 0. The van der Waals surface area contributed by atoms with E-state index in [0.29, 0.717) is 23.7 Å². The minimum atomic E-state index is -5.86. The number of halogens is 6. The van der Waals surface area contributed by atoms with Gasteiger partial charge in [0.15, 0.2) is 0 Å². The van der Waals surface area contributed by atoms with Crippen LogP contribution in [0.4, 0.5) is 32.0 Å². The lowest BCUT2D eigenvalue weighted by atomic mass is 9.94. The predicted molar refractivity (Wildman–Crippen MR) is 120 cm³/mol. The van der Waals surface area contributed by atoms with Gasteiger partial charge in [-0.05, 0) is 24.1 Å². The minimum Gasteiger partial charge on any atom is -0.395 e. The smallest absolute Gasteiger partial charge is 0.395 e. The molecule has 0 aromatic heterocycles. The summed E-state index contributed by atoms with van der Waals surface area (Å²) in [5, 5.41) is 13.2. The molecule has 13 heteroatoms. The van der Waals surface area contributed by atoms with Crippen LogP contribution in [-0.4, -0.2) is 60.3 Å². The summed E-state index contributed by atoms with van der Waals surface area (Å²) in [4.78, 5) is 39.7. The zero-order chi connectivity index (χ0) is 27.6. The summed E-state index contributed by atoms with van der Waals surface area (Å²) >= 11 is 0. The molecule has 2 aromatic rings. The molecule has 0 bridgehead atoms. The fourth-order valence-corrected chi connectivity index (χ4v) is 3.82. The first-order valence-electron chi connectivity index (χ1n) is 11.1. The van der Waals surface area contributed by atoms with E-state index in [-0.39, 0.29) is 12.1 Å². The number of carbonyl (C=O) groups excluding carboxylic acids is 3. The topological polar surface area (TPSA) is 98.7 Å². The number of β-amino-alcohol motifs (C(OH)–C–C–N with tert-alkyl or cyclic N) is 1. The number of amides is 3. The maximum Gasteiger partial charge on any atom is 0.453 e. The highest BCUT2D eigenvalue weighted by atomic mass is 19.4. The van der Waals surface area contributed by atoms with E-state index in [9.17, 15) is 41.4 Å². The lowest BCUT2D eigenvalue weighted by Gasteiger charge is -2.28. The Labute approximate surface area is 207 Å². The highest BCUT2D eigenvalue weighted by Gasteiger charge is 2.57. The number of aliphatic hydroxyl groups excluding tert-OH is 1. The first kappa shape index (κ1) is 28.0. The third-order valence-electron chi connectivity index (χ3n) is 5.86. The zero-order valence-electron chi connectivity index (χ0n) is 19.4. The van der Waals surface area contributed by atoms with Gasteiger partial charge >= 0.3 is 12.1 Å². The van der Waals surface area contributed by atoms with E-state index in [1.807, 2.05) is 0 Å². The molecule has 3 rings (SSSR count). The van der Waals surface area contributed by atoms with Crippen molar-refractivity contribution >= 4 is 23.4 Å². The van der Waals surface area contributed by atoms with Crippen LogP contribution >= 0.6 is 0 Å².